The number of methoxy groups -OCH3 is 1. The normalized spacial score (nSPS) is 10.8. The van der Waals surface area contributed by atoms with Gasteiger partial charge in [0.05, 0.1) is 18.3 Å². The molecule has 3 aromatic rings. The topological polar surface area (TPSA) is 59.2 Å². The molecule has 7 heteroatoms. The van der Waals surface area contributed by atoms with Crippen LogP contribution in [0.15, 0.2) is 45.7 Å². The van der Waals surface area contributed by atoms with Crippen molar-refractivity contribution in [1.82, 2.24) is 4.98 Å². The third kappa shape index (κ3) is 2.82. The second kappa shape index (κ2) is 6.16. The van der Waals surface area contributed by atoms with Gasteiger partial charge in [0, 0.05) is 21.5 Å². The van der Waals surface area contributed by atoms with Crippen molar-refractivity contribution < 1.29 is 18.3 Å². The summed E-state index contributed by atoms with van der Waals surface area (Å²) in [6.45, 7) is 0. The quantitative estimate of drug-likeness (QED) is 0.668. The lowest BCUT2D eigenvalue weighted by Gasteiger charge is -2.11. The molecule has 0 aliphatic carbocycles. The van der Waals surface area contributed by atoms with Crippen molar-refractivity contribution in [3.63, 3.8) is 0 Å². The third-order valence-electron chi connectivity index (χ3n) is 3.50. The van der Waals surface area contributed by atoms with Crippen LogP contribution in [0.3, 0.4) is 0 Å². The summed E-state index contributed by atoms with van der Waals surface area (Å²) in [6.07, 6.45) is 0. The van der Waals surface area contributed by atoms with Gasteiger partial charge >= 0.3 is 5.97 Å². The predicted octanol–water partition coefficient (Wildman–Crippen LogP) is 4.02. The van der Waals surface area contributed by atoms with Gasteiger partial charge in [-0.3, -0.25) is 4.79 Å². The van der Waals surface area contributed by atoms with Gasteiger partial charge in [0.1, 0.15) is 17.2 Å². The molecule has 0 radical (unpaired) electrons. The number of carbonyl (C=O) groups excluding carboxylic acids is 1. The predicted molar refractivity (Wildman–Crippen MR) is 89.0 cm³/mol. The Bertz CT molecular complexity index is 1010. The Hall–Kier alpha value is -2.54. The minimum absolute atomic E-state index is 0.00384. The molecule has 2 aromatic carbocycles. The molecule has 0 bridgehead atoms. The van der Waals surface area contributed by atoms with E-state index in [-0.39, 0.29) is 22.2 Å². The molecule has 4 nitrogen and oxygen atoms in total. The van der Waals surface area contributed by atoms with Crippen molar-refractivity contribution >= 4 is 32.8 Å². The maximum Gasteiger partial charge on any atom is 0.344 e. The average Bonchev–Trinajstić information content (AvgIpc) is 2.52. The van der Waals surface area contributed by atoms with Crippen LogP contribution in [0, 0.1) is 11.6 Å². The summed E-state index contributed by atoms with van der Waals surface area (Å²) in [5, 5.41) is 0.263. The highest BCUT2D eigenvalue weighted by Gasteiger charge is 2.21. The van der Waals surface area contributed by atoms with E-state index in [1.807, 2.05) is 0 Å². The molecular weight excluding hydrogens is 384 g/mol. The first kappa shape index (κ1) is 16.3. The number of nitrogens with one attached hydrogen (secondary N) is 1. The number of pyridine rings is 1. The molecule has 0 aliphatic heterocycles. The molecule has 0 spiro atoms. The van der Waals surface area contributed by atoms with Gasteiger partial charge in [-0.15, -0.1) is 0 Å². The summed E-state index contributed by atoms with van der Waals surface area (Å²) < 4.78 is 32.5. The molecule has 0 aliphatic rings. The smallest absolute Gasteiger partial charge is 0.344 e. The van der Waals surface area contributed by atoms with Crippen LogP contribution in [0.1, 0.15) is 10.4 Å². The minimum Gasteiger partial charge on any atom is -0.465 e. The highest BCUT2D eigenvalue weighted by Crippen LogP contribution is 2.26. The van der Waals surface area contributed by atoms with Crippen molar-refractivity contribution in [2.45, 2.75) is 0 Å². The minimum atomic E-state index is -0.888. The van der Waals surface area contributed by atoms with E-state index < -0.39 is 23.0 Å². The number of benzene rings is 2. The Balaban J connectivity index is 2.44. The Morgan fingerprint density at radius 2 is 1.79 bits per heavy atom. The van der Waals surface area contributed by atoms with Gasteiger partial charge in [-0.25, -0.2) is 13.6 Å². The second-order valence-corrected chi connectivity index (χ2v) is 5.96. The van der Waals surface area contributed by atoms with Crippen LogP contribution in [0.2, 0.25) is 0 Å². The highest BCUT2D eigenvalue weighted by atomic mass is 79.9. The fraction of sp³-hybridized carbons (Fsp3) is 0.0588. The van der Waals surface area contributed by atoms with Crippen molar-refractivity contribution in [3.05, 3.63) is 68.3 Å². The van der Waals surface area contributed by atoms with Gasteiger partial charge in [0.2, 0.25) is 5.43 Å². The number of hydrogen-bond donors (Lipinski definition) is 1. The SMILES string of the molecule is COC(=O)c1c(-c2cc(F)cc(F)c2)[nH]c2cc(Br)ccc2c1=O. The molecule has 0 amide bonds. The standard InChI is InChI=1S/C17H10BrF2NO3/c1-24-17(23)14-15(8-4-10(19)7-11(20)5-8)21-13-6-9(18)2-3-12(13)16(14)22/h2-7H,1H3,(H,21,22). The molecule has 122 valence electrons. The second-order valence-electron chi connectivity index (χ2n) is 5.04. The molecule has 1 N–H and O–H groups in total. The zero-order valence-electron chi connectivity index (χ0n) is 12.3. The van der Waals surface area contributed by atoms with Crippen molar-refractivity contribution in [1.29, 1.82) is 0 Å². The van der Waals surface area contributed by atoms with Crippen LogP contribution in [0.5, 0.6) is 0 Å². The van der Waals surface area contributed by atoms with Gasteiger partial charge in [0.15, 0.2) is 0 Å². The summed E-state index contributed by atoms with van der Waals surface area (Å²) in [6, 6.07) is 7.60. The molecule has 0 saturated carbocycles. The molecule has 0 unspecified atom stereocenters. The van der Waals surface area contributed by atoms with E-state index in [9.17, 15) is 18.4 Å². The number of esters is 1. The monoisotopic (exact) mass is 393 g/mol. The van der Waals surface area contributed by atoms with E-state index in [2.05, 4.69) is 25.7 Å². The van der Waals surface area contributed by atoms with Crippen LogP contribution in [0.4, 0.5) is 8.78 Å². The van der Waals surface area contributed by atoms with Gasteiger partial charge in [-0.2, -0.15) is 0 Å². The van der Waals surface area contributed by atoms with E-state index in [0.29, 0.717) is 16.1 Å². The number of hydrogen-bond acceptors (Lipinski definition) is 3. The van der Waals surface area contributed by atoms with Gasteiger partial charge in [0.25, 0.3) is 0 Å². The lowest BCUT2D eigenvalue weighted by molar-refractivity contribution is 0.0600. The first-order valence-electron chi connectivity index (χ1n) is 6.81. The summed E-state index contributed by atoms with van der Waals surface area (Å²) >= 11 is 3.29. The lowest BCUT2D eigenvalue weighted by Crippen LogP contribution is -2.19. The van der Waals surface area contributed by atoms with Crippen LogP contribution < -0.4 is 5.43 Å². The molecule has 0 fully saturated rings. The fourth-order valence-corrected chi connectivity index (χ4v) is 2.84. The van der Waals surface area contributed by atoms with Crippen LogP contribution in [0.25, 0.3) is 22.2 Å². The molecule has 0 atom stereocenters. The van der Waals surface area contributed by atoms with Crippen LogP contribution in [-0.4, -0.2) is 18.1 Å². The zero-order valence-corrected chi connectivity index (χ0v) is 13.9. The number of rotatable bonds is 2. The lowest BCUT2D eigenvalue weighted by atomic mass is 10.0. The zero-order chi connectivity index (χ0) is 17.4. The Morgan fingerprint density at radius 3 is 2.42 bits per heavy atom. The highest BCUT2D eigenvalue weighted by molar-refractivity contribution is 9.10. The van der Waals surface area contributed by atoms with Crippen molar-refractivity contribution in [2.24, 2.45) is 0 Å². The summed E-state index contributed by atoms with van der Waals surface area (Å²) in [7, 11) is 1.13. The van der Waals surface area contributed by atoms with Crippen LogP contribution in [-0.2, 0) is 4.74 Å². The molecule has 3 rings (SSSR count). The maximum atomic E-state index is 13.6. The fourth-order valence-electron chi connectivity index (χ4n) is 2.47. The number of ether oxygens (including phenoxy) is 1. The molecule has 24 heavy (non-hydrogen) atoms. The number of aromatic amines is 1. The Kier molecular flexibility index (Phi) is 4.19. The number of aromatic nitrogens is 1. The third-order valence-corrected chi connectivity index (χ3v) is 4.00. The molecular formula is C17H10BrF2NO3. The number of carbonyl (C=O) groups is 1. The first-order valence-corrected chi connectivity index (χ1v) is 7.60. The first-order chi connectivity index (χ1) is 11.4. The molecule has 0 saturated heterocycles. The molecule has 1 aromatic heterocycles. The summed E-state index contributed by atoms with van der Waals surface area (Å²) in [4.78, 5) is 27.6. The average molecular weight is 394 g/mol. The number of halogens is 3. The van der Waals surface area contributed by atoms with E-state index >= 15 is 0 Å². The molecule has 1 heterocycles. The largest absolute Gasteiger partial charge is 0.465 e. The maximum absolute atomic E-state index is 13.6. The van der Waals surface area contributed by atoms with E-state index in [1.165, 1.54) is 0 Å². The van der Waals surface area contributed by atoms with E-state index in [0.717, 1.165) is 19.2 Å². The summed E-state index contributed by atoms with van der Waals surface area (Å²) in [5.74, 6) is -2.53. The van der Waals surface area contributed by atoms with Gasteiger partial charge < -0.3 is 9.72 Å². The number of fused-ring (bicyclic) bond motifs is 1. The summed E-state index contributed by atoms with van der Waals surface area (Å²) in [5.41, 5.74) is -0.440. The number of H-pyrrole nitrogens is 1. The van der Waals surface area contributed by atoms with E-state index in [4.69, 9.17) is 0 Å². The Labute approximate surface area is 143 Å². The van der Waals surface area contributed by atoms with Gasteiger partial charge in [-0.1, -0.05) is 15.9 Å². The van der Waals surface area contributed by atoms with Gasteiger partial charge in [-0.05, 0) is 30.3 Å². The van der Waals surface area contributed by atoms with Crippen molar-refractivity contribution in [2.75, 3.05) is 7.11 Å². The van der Waals surface area contributed by atoms with Crippen LogP contribution >= 0.6 is 15.9 Å². The van der Waals surface area contributed by atoms with E-state index in [1.54, 1.807) is 18.2 Å². The Morgan fingerprint density at radius 1 is 1.12 bits per heavy atom. The van der Waals surface area contributed by atoms with Crippen molar-refractivity contribution in [3.8, 4) is 11.3 Å².